The summed E-state index contributed by atoms with van der Waals surface area (Å²) in [6.45, 7) is 7.90. The third-order valence-corrected chi connectivity index (χ3v) is 4.13. The molecule has 0 N–H and O–H groups in total. The van der Waals surface area contributed by atoms with Crippen molar-refractivity contribution in [3.63, 3.8) is 0 Å². The Kier molecular flexibility index (Phi) is 7.33. The molecule has 0 saturated heterocycles. The zero-order chi connectivity index (χ0) is 18.9. The smallest absolute Gasteiger partial charge is 0.497 e. The van der Waals surface area contributed by atoms with Crippen LogP contribution in [0.15, 0.2) is 48.5 Å². The Morgan fingerprint density at radius 1 is 1.08 bits per heavy atom. The maximum Gasteiger partial charge on any atom is 0.513 e. The lowest BCUT2D eigenvalue weighted by Gasteiger charge is -2.23. The minimum absolute atomic E-state index is 0.244. The minimum atomic E-state index is -0.691. The molecule has 2 aromatic carbocycles. The van der Waals surface area contributed by atoms with E-state index in [2.05, 4.69) is 18.7 Å². The van der Waals surface area contributed by atoms with Crippen LogP contribution in [0.1, 0.15) is 32.3 Å². The van der Waals surface area contributed by atoms with Crippen molar-refractivity contribution >= 4 is 11.8 Å². The molecule has 0 saturated carbocycles. The van der Waals surface area contributed by atoms with E-state index in [1.165, 1.54) is 5.56 Å². The van der Waals surface area contributed by atoms with E-state index in [0.29, 0.717) is 18.2 Å². The van der Waals surface area contributed by atoms with Crippen LogP contribution in [0, 0.1) is 0 Å². The largest absolute Gasteiger partial charge is 0.513 e. The standard InChI is InChI=1S/C21H27NO4/c1-5-22(18-7-6-8-20(15-18)24-4)13-14-25-21(23)26-19-11-9-17(10-12-19)16(2)3/h6-12,15-16H,5,13-14H2,1-4H3. The number of ether oxygens (including phenoxy) is 3. The fourth-order valence-electron chi connectivity index (χ4n) is 2.56. The maximum atomic E-state index is 11.9. The molecule has 0 aliphatic heterocycles. The number of hydrogen-bond acceptors (Lipinski definition) is 5. The third-order valence-electron chi connectivity index (χ3n) is 4.13. The van der Waals surface area contributed by atoms with Crippen molar-refractivity contribution in [2.45, 2.75) is 26.7 Å². The average molecular weight is 357 g/mol. The number of carbonyl (C=O) groups is 1. The Hall–Kier alpha value is -2.69. The number of carbonyl (C=O) groups excluding carboxylic acids is 1. The van der Waals surface area contributed by atoms with Gasteiger partial charge in [-0.3, -0.25) is 0 Å². The van der Waals surface area contributed by atoms with Gasteiger partial charge in [0.2, 0.25) is 0 Å². The molecule has 0 atom stereocenters. The van der Waals surface area contributed by atoms with E-state index in [4.69, 9.17) is 14.2 Å². The molecule has 26 heavy (non-hydrogen) atoms. The number of benzene rings is 2. The molecule has 0 heterocycles. The van der Waals surface area contributed by atoms with Gasteiger partial charge in [-0.05, 0) is 42.7 Å². The van der Waals surface area contributed by atoms with Crippen molar-refractivity contribution in [1.29, 1.82) is 0 Å². The highest BCUT2D eigenvalue weighted by Gasteiger charge is 2.10. The summed E-state index contributed by atoms with van der Waals surface area (Å²) in [5.41, 5.74) is 2.22. The van der Waals surface area contributed by atoms with E-state index < -0.39 is 6.16 Å². The van der Waals surface area contributed by atoms with E-state index >= 15 is 0 Å². The molecule has 140 valence electrons. The lowest BCUT2D eigenvalue weighted by molar-refractivity contribution is 0.101. The first-order valence-corrected chi connectivity index (χ1v) is 8.87. The van der Waals surface area contributed by atoms with Gasteiger partial charge in [0.1, 0.15) is 18.1 Å². The maximum absolute atomic E-state index is 11.9. The topological polar surface area (TPSA) is 48.0 Å². The van der Waals surface area contributed by atoms with Gasteiger partial charge in [0.05, 0.1) is 13.7 Å². The van der Waals surface area contributed by atoms with Crippen LogP contribution in [0.25, 0.3) is 0 Å². The molecule has 0 spiro atoms. The van der Waals surface area contributed by atoms with Crippen LogP contribution in [0.4, 0.5) is 10.5 Å². The monoisotopic (exact) mass is 357 g/mol. The fourth-order valence-corrected chi connectivity index (χ4v) is 2.56. The number of hydrogen-bond donors (Lipinski definition) is 0. The van der Waals surface area contributed by atoms with Crippen molar-refractivity contribution in [2.24, 2.45) is 0 Å². The summed E-state index contributed by atoms with van der Waals surface area (Å²) in [4.78, 5) is 14.0. The molecule has 0 amide bonds. The first-order valence-electron chi connectivity index (χ1n) is 8.87. The van der Waals surface area contributed by atoms with E-state index in [0.717, 1.165) is 18.0 Å². The molecule has 0 aliphatic rings. The Bertz CT molecular complexity index is 697. The SMILES string of the molecule is CCN(CCOC(=O)Oc1ccc(C(C)C)cc1)c1cccc(OC)c1. The normalized spacial score (nSPS) is 10.5. The second-order valence-electron chi connectivity index (χ2n) is 6.21. The van der Waals surface area contributed by atoms with Crippen LogP contribution in [0.5, 0.6) is 11.5 Å². The number of anilines is 1. The van der Waals surface area contributed by atoms with E-state index in [1.807, 2.05) is 43.3 Å². The highest BCUT2D eigenvalue weighted by atomic mass is 16.7. The predicted molar refractivity (Wildman–Crippen MR) is 103 cm³/mol. The number of nitrogens with zero attached hydrogens (tertiary/aromatic N) is 1. The molecule has 0 aromatic heterocycles. The van der Waals surface area contributed by atoms with Crippen molar-refractivity contribution in [3.8, 4) is 11.5 Å². The number of likely N-dealkylation sites (N-methyl/N-ethyl adjacent to an activating group) is 1. The molecular weight excluding hydrogens is 330 g/mol. The van der Waals surface area contributed by atoms with Crippen LogP contribution in [-0.4, -0.2) is 33.0 Å². The lowest BCUT2D eigenvalue weighted by atomic mass is 10.0. The molecule has 0 radical (unpaired) electrons. The summed E-state index contributed by atoms with van der Waals surface area (Å²) in [5.74, 6) is 1.72. The Labute approximate surface area is 155 Å². The molecule has 0 aliphatic carbocycles. The summed E-state index contributed by atoms with van der Waals surface area (Å²) in [6.07, 6.45) is -0.691. The minimum Gasteiger partial charge on any atom is -0.497 e. The molecule has 0 bridgehead atoms. The number of rotatable bonds is 8. The molecule has 5 nitrogen and oxygen atoms in total. The second kappa shape index (κ2) is 9.70. The average Bonchev–Trinajstić information content (AvgIpc) is 2.65. The summed E-state index contributed by atoms with van der Waals surface area (Å²) < 4.78 is 15.7. The van der Waals surface area contributed by atoms with Gasteiger partial charge in [-0.2, -0.15) is 0 Å². The molecule has 2 rings (SSSR count). The van der Waals surface area contributed by atoms with E-state index in [1.54, 1.807) is 19.2 Å². The quantitative estimate of drug-likeness (QED) is 0.499. The van der Waals surface area contributed by atoms with Crippen LogP contribution >= 0.6 is 0 Å². The molecule has 0 unspecified atom stereocenters. The van der Waals surface area contributed by atoms with Gasteiger partial charge in [-0.15, -0.1) is 0 Å². The number of methoxy groups -OCH3 is 1. The van der Waals surface area contributed by atoms with Crippen LogP contribution in [0.2, 0.25) is 0 Å². The van der Waals surface area contributed by atoms with Crippen molar-refractivity contribution in [1.82, 2.24) is 0 Å². The second-order valence-corrected chi connectivity index (χ2v) is 6.21. The van der Waals surface area contributed by atoms with Crippen molar-refractivity contribution in [2.75, 3.05) is 31.7 Å². The molecule has 0 fully saturated rings. The van der Waals surface area contributed by atoms with Gasteiger partial charge in [0, 0.05) is 18.3 Å². The third kappa shape index (κ3) is 5.69. The summed E-state index contributed by atoms with van der Waals surface area (Å²) >= 11 is 0. The van der Waals surface area contributed by atoms with Gasteiger partial charge in [-0.25, -0.2) is 4.79 Å². The summed E-state index contributed by atoms with van der Waals surface area (Å²) in [6, 6.07) is 15.3. The van der Waals surface area contributed by atoms with Crippen LogP contribution < -0.4 is 14.4 Å². The van der Waals surface area contributed by atoms with Gasteiger partial charge in [0.25, 0.3) is 0 Å². The summed E-state index contributed by atoms with van der Waals surface area (Å²) in [5, 5.41) is 0. The fraction of sp³-hybridized carbons (Fsp3) is 0.381. The zero-order valence-electron chi connectivity index (χ0n) is 15.9. The van der Waals surface area contributed by atoms with E-state index in [9.17, 15) is 4.79 Å². The Morgan fingerprint density at radius 3 is 2.42 bits per heavy atom. The predicted octanol–water partition coefficient (Wildman–Crippen LogP) is 4.86. The van der Waals surface area contributed by atoms with Crippen molar-refractivity contribution in [3.05, 3.63) is 54.1 Å². The molecular formula is C21H27NO4. The van der Waals surface area contributed by atoms with Gasteiger partial charge in [0.15, 0.2) is 0 Å². The molecule has 2 aromatic rings. The van der Waals surface area contributed by atoms with Gasteiger partial charge >= 0.3 is 6.16 Å². The van der Waals surface area contributed by atoms with Crippen LogP contribution in [-0.2, 0) is 4.74 Å². The van der Waals surface area contributed by atoms with Crippen LogP contribution in [0.3, 0.4) is 0 Å². The Morgan fingerprint density at radius 2 is 1.81 bits per heavy atom. The van der Waals surface area contributed by atoms with Crippen molar-refractivity contribution < 1.29 is 19.0 Å². The Balaban J connectivity index is 1.82. The lowest BCUT2D eigenvalue weighted by Crippen LogP contribution is -2.28. The van der Waals surface area contributed by atoms with Gasteiger partial charge in [-0.1, -0.05) is 32.0 Å². The summed E-state index contributed by atoms with van der Waals surface area (Å²) in [7, 11) is 1.64. The van der Waals surface area contributed by atoms with Gasteiger partial charge < -0.3 is 19.1 Å². The highest BCUT2D eigenvalue weighted by Crippen LogP contribution is 2.21. The first-order chi connectivity index (χ1) is 12.5. The first kappa shape index (κ1) is 19.6. The van der Waals surface area contributed by atoms with E-state index in [-0.39, 0.29) is 6.61 Å². The highest BCUT2D eigenvalue weighted by molar-refractivity contribution is 5.63. The molecule has 5 heteroatoms. The zero-order valence-corrected chi connectivity index (χ0v) is 15.9.